The summed E-state index contributed by atoms with van der Waals surface area (Å²) in [7, 11) is 0. The summed E-state index contributed by atoms with van der Waals surface area (Å²) < 4.78 is 0. The Bertz CT molecular complexity index is 235. The van der Waals surface area contributed by atoms with Gasteiger partial charge in [-0.2, -0.15) is 0 Å². The predicted octanol–water partition coefficient (Wildman–Crippen LogP) is 1.82. The van der Waals surface area contributed by atoms with Gasteiger partial charge in [0.25, 0.3) is 0 Å². The van der Waals surface area contributed by atoms with Crippen molar-refractivity contribution in [2.75, 3.05) is 10.6 Å². The van der Waals surface area contributed by atoms with E-state index in [9.17, 15) is 4.79 Å². The molecule has 1 radical (unpaired) electrons. The smallest absolute Gasteiger partial charge is 0.235 e. The number of rotatable bonds is 2. The molecule has 1 rings (SSSR count). The Kier molecular flexibility index (Phi) is 3.11. The average molecular weight is 213 g/mol. The monoisotopic (exact) mass is 212 g/mol. The van der Waals surface area contributed by atoms with Crippen molar-refractivity contribution in [3.8, 4) is 0 Å². The zero-order chi connectivity index (χ0) is 8.10. The first kappa shape index (κ1) is 8.27. The molecule has 1 N–H and O–H groups in total. The molecule has 57 valence electrons. The Hall–Kier alpha value is -0.830. The topological polar surface area (TPSA) is 29.1 Å². The van der Waals surface area contributed by atoms with Crippen LogP contribution in [0.5, 0.6) is 0 Å². The van der Waals surface area contributed by atoms with Crippen molar-refractivity contribution in [2.24, 2.45) is 0 Å². The number of hydrogen-bond donors (Lipinski definition) is 1. The normalized spacial score (nSPS) is 9.18. The van der Waals surface area contributed by atoms with E-state index in [0.717, 1.165) is 5.69 Å². The molecule has 0 unspecified atom stereocenters. The lowest BCUT2D eigenvalue weighted by molar-refractivity contribution is -0.113. The van der Waals surface area contributed by atoms with Crippen LogP contribution in [-0.4, -0.2) is 11.2 Å². The van der Waals surface area contributed by atoms with Gasteiger partial charge in [0, 0.05) is 5.69 Å². The fraction of sp³-hybridized carbons (Fsp3) is 0.125. The molecule has 0 aliphatic rings. The van der Waals surface area contributed by atoms with Gasteiger partial charge in [0.1, 0.15) is 0 Å². The lowest BCUT2D eigenvalue weighted by Crippen LogP contribution is -2.11. The van der Waals surface area contributed by atoms with E-state index < -0.39 is 0 Å². The molecule has 0 saturated heterocycles. The lowest BCUT2D eigenvalue weighted by atomic mass is 10.3. The first-order valence-corrected chi connectivity index (χ1v) is 4.27. The molecule has 0 bridgehead atoms. The fourth-order valence-corrected chi connectivity index (χ4v) is 0.806. The summed E-state index contributed by atoms with van der Waals surface area (Å²) in [5.74, 6) is -0.0513. The lowest BCUT2D eigenvalue weighted by Gasteiger charge is -2.00. The molecule has 1 aromatic rings. The van der Waals surface area contributed by atoms with Gasteiger partial charge in [-0.05, 0) is 18.2 Å². The number of alkyl halides is 1. The Morgan fingerprint density at radius 3 is 3.09 bits per heavy atom. The van der Waals surface area contributed by atoms with Crippen LogP contribution in [0, 0.1) is 6.07 Å². The molecule has 0 aliphatic carbocycles. The van der Waals surface area contributed by atoms with Crippen LogP contribution in [0.4, 0.5) is 5.69 Å². The zero-order valence-corrected chi connectivity index (χ0v) is 7.39. The van der Waals surface area contributed by atoms with Gasteiger partial charge in [-0.3, -0.25) is 4.79 Å². The molecule has 2 nitrogen and oxygen atoms in total. The third-order valence-electron chi connectivity index (χ3n) is 1.11. The van der Waals surface area contributed by atoms with Crippen molar-refractivity contribution in [3.05, 3.63) is 30.3 Å². The van der Waals surface area contributed by atoms with E-state index >= 15 is 0 Å². The largest absolute Gasteiger partial charge is 0.325 e. The van der Waals surface area contributed by atoms with E-state index in [1.54, 1.807) is 12.1 Å². The van der Waals surface area contributed by atoms with Crippen LogP contribution in [0.15, 0.2) is 24.3 Å². The molecule has 3 heteroatoms. The molecule has 0 aliphatic heterocycles. The van der Waals surface area contributed by atoms with Crippen LogP contribution in [-0.2, 0) is 4.79 Å². The Morgan fingerprint density at radius 2 is 2.55 bits per heavy atom. The number of carbonyl (C=O) groups is 1. The molecular weight excluding hydrogens is 206 g/mol. The van der Waals surface area contributed by atoms with Crippen molar-refractivity contribution in [3.63, 3.8) is 0 Å². The number of amides is 1. The second kappa shape index (κ2) is 4.13. The van der Waals surface area contributed by atoms with Gasteiger partial charge in [0.2, 0.25) is 5.91 Å². The fourth-order valence-electron chi connectivity index (χ4n) is 0.665. The quantitative estimate of drug-likeness (QED) is 0.746. The first-order valence-electron chi connectivity index (χ1n) is 3.15. The number of carbonyl (C=O) groups excluding carboxylic acids is 1. The predicted molar refractivity (Wildman–Crippen MR) is 47.7 cm³/mol. The summed E-state index contributed by atoms with van der Waals surface area (Å²) in [5.41, 5.74) is 0.775. The van der Waals surface area contributed by atoms with Crippen molar-refractivity contribution >= 4 is 27.5 Å². The van der Waals surface area contributed by atoms with Gasteiger partial charge >= 0.3 is 0 Å². The number of hydrogen-bond acceptors (Lipinski definition) is 1. The summed E-state index contributed by atoms with van der Waals surface area (Å²) in [5, 5.41) is 3.00. The summed E-state index contributed by atoms with van der Waals surface area (Å²) in [6, 6.07) is 10.0. The molecule has 11 heavy (non-hydrogen) atoms. The standard InChI is InChI=1S/C8H7BrNO/c9-6-8(11)10-7-4-2-1-3-5-7/h1-2,4-5H,6H2,(H,10,11). The molecule has 0 heterocycles. The summed E-state index contributed by atoms with van der Waals surface area (Å²) in [4.78, 5) is 10.8. The second-order valence-electron chi connectivity index (χ2n) is 1.97. The third-order valence-corrected chi connectivity index (χ3v) is 1.62. The highest BCUT2D eigenvalue weighted by Crippen LogP contribution is 2.03. The maximum Gasteiger partial charge on any atom is 0.235 e. The average Bonchev–Trinajstić information content (AvgIpc) is 2.06. The van der Waals surface area contributed by atoms with Crippen LogP contribution >= 0.6 is 15.9 Å². The minimum atomic E-state index is -0.0513. The number of benzene rings is 1. The highest BCUT2D eigenvalue weighted by atomic mass is 79.9. The first-order chi connectivity index (χ1) is 5.33. The molecular formula is C8H7BrNO. The second-order valence-corrected chi connectivity index (χ2v) is 2.53. The number of anilines is 1. The zero-order valence-electron chi connectivity index (χ0n) is 5.80. The van der Waals surface area contributed by atoms with E-state index in [4.69, 9.17) is 0 Å². The Morgan fingerprint density at radius 1 is 1.73 bits per heavy atom. The van der Waals surface area contributed by atoms with E-state index in [2.05, 4.69) is 27.3 Å². The number of nitrogens with one attached hydrogen (secondary N) is 1. The van der Waals surface area contributed by atoms with Crippen LogP contribution in [0.1, 0.15) is 0 Å². The van der Waals surface area contributed by atoms with E-state index in [1.807, 2.05) is 12.1 Å². The van der Waals surface area contributed by atoms with Crippen molar-refractivity contribution in [1.29, 1.82) is 0 Å². The molecule has 0 aromatic heterocycles. The van der Waals surface area contributed by atoms with E-state index in [0.29, 0.717) is 5.33 Å². The van der Waals surface area contributed by atoms with Crippen LogP contribution in [0.2, 0.25) is 0 Å². The molecule has 1 amide bonds. The summed E-state index contributed by atoms with van der Waals surface area (Å²) in [6.45, 7) is 0. The Labute approximate surface area is 73.7 Å². The van der Waals surface area contributed by atoms with E-state index in [1.165, 1.54) is 0 Å². The summed E-state index contributed by atoms with van der Waals surface area (Å²) >= 11 is 3.05. The van der Waals surface area contributed by atoms with Crippen molar-refractivity contribution < 1.29 is 4.79 Å². The summed E-state index contributed by atoms with van der Waals surface area (Å²) in [6.07, 6.45) is 0. The molecule has 1 aromatic carbocycles. The molecule has 0 saturated carbocycles. The van der Waals surface area contributed by atoms with Gasteiger partial charge in [0.15, 0.2) is 0 Å². The van der Waals surface area contributed by atoms with Gasteiger partial charge in [-0.1, -0.05) is 28.1 Å². The van der Waals surface area contributed by atoms with Gasteiger partial charge in [0.05, 0.1) is 5.33 Å². The SMILES string of the molecule is O=C(CBr)Nc1c[c]ccc1. The van der Waals surface area contributed by atoms with Crippen molar-refractivity contribution in [2.45, 2.75) is 0 Å². The third kappa shape index (κ3) is 2.72. The highest BCUT2D eigenvalue weighted by molar-refractivity contribution is 9.09. The molecule has 0 fully saturated rings. The Balaban J connectivity index is 2.58. The molecule has 0 atom stereocenters. The van der Waals surface area contributed by atoms with Gasteiger partial charge in [-0.25, -0.2) is 0 Å². The molecule has 0 spiro atoms. The number of halogens is 1. The minimum absolute atomic E-state index is 0.0513. The van der Waals surface area contributed by atoms with Crippen LogP contribution in [0.3, 0.4) is 0 Å². The minimum Gasteiger partial charge on any atom is -0.325 e. The van der Waals surface area contributed by atoms with Gasteiger partial charge < -0.3 is 5.32 Å². The highest BCUT2D eigenvalue weighted by Gasteiger charge is 1.96. The maximum atomic E-state index is 10.8. The van der Waals surface area contributed by atoms with Crippen molar-refractivity contribution in [1.82, 2.24) is 0 Å². The van der Waals surface area contributed by atoms with E-state index in [-0.39, 0.29) is 5.91 Å². The van der Waals surface area contributed by atoms with Gasteiger partial charge in [-0.15, -0.1) is 0 Å². The van der Waals surface area contributed by atoms with Crippen LogP contribution < -0.4 is 5.32 Å². The van der Waals surface area contributed by atoms with Crippen LogP contribution in [0.25, 0.3) is 0 Å². The maximum absolute atomic E-state index is 10.8.